The van der Waals surface area contributed by atoms with E-state index >= 15 is 0 Å². The molecule has 1 aromatic carbocycles. The molecule has 3 rings (SSSR count). The quantitative estimate of drug-likeness (QED) is 0.842. The van der Waals surface area contributed by atoms with Crippen molar-refractivity contribution < 1.29 is 13.2 Å². The van der Waals surface area contributed by atoms with Crippen LogP contribution in [0.4, 0.5) is 5.69 Å². The van der Waals surface area contributed by atoms with Crippen LogP contribution in [-0.2, 0) is 16.4 Å². The number of carbonyl (C=O) groups is 1. The molecule has 0 atom stereocenters. The van der Waals surface area contributed by atoms with E-state index in [0.29, 0.717) is 29.4 Å². The molecule has 1 aliphatic rings. The molecule has 0 spiro atoms. The molecular formula is C14H12ClN3O3S. The minimum absolute atomic E-state index is 0.0497. The highest BCUT2D eigenvalue weighted by Crippen LogP contribution is 2.31. The van der Waals surface area contributed by atoms with Gasteiger partial charge in [0.15, 0.2) is 0 Å². The summed E-state index contributed by atoms with van der Waals surface area (Å²) >= 11 is 5.71. The fraction of sp³-hybridized carbons (Fsp3) is 0.143. The third kappa shape index (κ3) is 2.70. The number of aromatic nitrogens is 1. The van der Waals surface area contributed by atoms with Crippen LogP contribution < -0.4 is 10.0 Å². The molecule has 0 fully saturated rings. The van der Waals surface area contributed by atoms with Crippen molar-refractivity contribution >= 4 is 33.2 Å². The molecule has 0 saturated carbocycles. The van der Waals surface area contributed by atoms with Gasteiger partial charge in [0, 0.05) is 18.4 Å². The first-order chi connectivity index (χ1) is 10.4. The number of sulfonamides is 1. The third-order valence-electron chi connectivity index (χ3n) is 3.49. The highest BCUT2D eigenvalue weighted by Gasteiger charge is 2.26. The molecule has 0 radical (unpaired) electrons. The predicted molar refractivity (Wildman–Crippen MR) is 82.4 cm³/mol. The van der Waals surface area contributed by atoms with Gasteiger partial charge in [-0.1, -0.05) is 11.6 Å². The van der Waals surface area contributed by atoms with E-state index in [-0.39, 0.29) is 10.8 Å². The van der Waals surface area contributed by atoms with Gasteiger partial charge < -0.3 is 4.90 Å². The van der Waals surface area contributed by atoms with E-state index in [4.69, 9.17) is 16.7 Å². The summed E-state index contributed by atoms with van der Waals surface area (Å²) in [6.45, 7) is 0.477. The van der Waals surface area contributed by atoms with E-state index in [9.17, 15) is 13.2 Å². The number of hydrogen-bond acceptors (Lipinski definition) is 4. The molecule has 2 heterocycles. The molecule has 1 amide bonds. The smallest absolute Gasteiger partial charge is 0.259 e. The highest BCUT2D eigenvalue weighted by atomic mass is 35.5. The first-order valence-corrected chi connectivity index (χ1v) is 8.38. The van der Waals surface area contributed by atoms with Crippen molar-refractivity contribution in [3.63, 3.8) is 0 Å². The second-order valence-corrected chi connectivity index (χ2v) is 6.86. The second kappa shape index (κ2) is 5.35. The molecule has 114 valence electrons. The first-order valence-electron chi connectivity index (χ1n) is 6.45. The molecule has 2 aromatic rings. The molecule has 8 heteroatoms. The number of benzene rings is 1. The highest BCUT2D eigenvalue weighted by molar-refractivity contribution is 7.89. The summed E-state index contributed by atoms with van der Waals surface area (Å²) in [6, 6.07) is 7.67. The Labute approximate surface area is 132 Å². The maximum Gasteiger partial charge on any atom is 0.259 e. The molecule has 6 nitrogen and oxygen atoms in total. The predicted octanol–water partition coefficient (Wildman–Crippen LogP) is 1.59. The molecular weight excluding hydrogens is 326 g/mol. The number of nitrogens with two attached hydrogens (primary N) is 1. The summed E-state index contributed by atoms with van der Waals surface area (Å²) in [5.74, 6) is -0.203. The second-order valence-electron chi connectivity index (χ2n) is 4.91. The van der Waals surface area contributed by atoms with Gasteiger partial charge in [0.25, 0.3) is 5.91 Å². The number of pyridine rings is 1. The van der Waals surface area contributed by atoms with Gasteiger partial charge in [0.05, 0.1) is 10.5 Å². The van der Waals surface area contributed by atoms with E-state index in [1.807, 2.05) is 0 Å². The number of nitrogens with zero attached hydrogens (tertiary/aromatic N) is 2. The number of primary sulfonamides is 1. The van der Waals surface area contributed by atoms with Crippen LogP contribution in [0.5, 0.6) is 0 Å². The van der Waals surface area contributed by atoms with E-state index in [2.05, 4.69) is 4.98 Å². The molecule has 22 heavy (non-hydrogen) atoms. The van der Waals surface area contributed by atoms with E-state index in [1.54, 1.807) is 23.1 Å². The van der Waals surface area contributed by atoms with Crippen LogP contribution in [0.1, 0.15) is 15.9 Å². The number of anilines is 1. The number of amides is 1. The van der Waals surface area contributed by atoms with Crippen LogP contribution in [0.3, 0.4) is 0 Å². The Hall–Kier alpha value is -1.96. The summed E-state index contributed by atoms with van der Waals surface area (Å²) in [5.41, 5.74) is 1.89. The van der Waals surface area contributed by atoms with E-state index < -0.39 is 10.0 Å². The topological polar surface area (TPSA) is 93.4 Å². The molecule has 1 aliphatic heterocycles. The molecule has 1 aromatic heterocycles. The standard InChI is InChI=1S/C14H12ClN3O3S/c15-13-4-1-10(8-17-13)14(19)18-6-5-9-7-11(22(16,20)21)2-3-12(9)18/h1-4,7-8H,5-6H2,(H2,16,20,21). The van der Waals surface area contributed by atoms with Gasteiger partial charge in [-0.25, -0.2) is 18.5 Å². The van der Waals surface area contributed by atoms with Crippen molar-refractivity contribution in [2.24, 2.45) is 5.14 Å². The lowest BCUT2D eigenvalue weighted by Crippen LogP contribution is -2.28. The molecule has 0 bridgehead atoms. The number of rotatable bonds is 2. The lowest BCUT2D eigenvalue weighted by atomic mass is 10.2. The van der Waals surface area contributed by atoms with Crippen LogP contribution in [-0.4, -0.2) is 25.9 Å². The summed E-state index contributed by atoms with van der Waals surface area (Å²) in [5, 5.41) is 5.44. The van der Waals surface area contributed by atoms with Crippen molar-refractivity contribution in [1.82, 2.24) is 4.98 Å². The van der Waals surface area contributed by atoms with Gasteiger partial charge in [-0.2, -0.15) is 0 Å². The number of fused-ring (bicyclic) bond motifs is 1. The number of hydrogen-bond donors (Lipinski definition) is 1. The summed E-state index contributed by atoms with van der Waals surface area (Å²) in [6.07, 6.45) is 1.99. The Morgan fingerprint density at radius 1 is 1.27 bits per heavy atom. The zero-order chi connectivity index (χ0) is 15.9. The average Bonchev–Trinajstić information content (AvgIpc) is 2.89. The maximum absolute atomic E-state index is 12.5. The Balaban J connectivity index is 1.94. The summed E-state index contributed by atoms with van der Waals surface area (Å²) < 4.78 is 22.8. The van der Waals surface area contributed by atoms with Crippen LogP contribution in [0.25, 0.3) is 0 Å². The Kier molecular flexibility index (Phi) is 3.64. The van der Waals surface area contributed by atoms with Gasteiger partial charge >= 0.3 is 0 Å². The Morgan fingerprint density at radius 3 is 2.68 bits per heavy atom. The van der Waals surface area contributed by atoms with E-state index in [1.165, 1.54) is 18.3 Å². The SMILES string of the molecule is NS(=O)(=O)c1ccc2c(c1)CCN2C(=O)c1ccc(Cl)nc1. The normalized spacial score (nSPS) is 14.0. The van der Waals surface area contributed by atoms with Gasteiger partial charge in [-0.3, -0.25) is 4.79 Å². The molecule has 0 aliphatic carbocycles. The van der Waals surface area contributed by atoms with Gasteiger partial charge in [-0.05, 0) is 42.3 Å². The van der Waals surface area contributed by atoms with Crippen LogP contribution in [0.15, 0.2) is 41.4 Å². The summed E-state index contributed by atoms with van der Waals surface area (Å²) in [7, 11) is -3.75. The van der Waals surface area contributed by atoms with Crippen molar-refractivity contribution in [3.8, 4) is 0 Å². The third-order valence-corrected chi connectivity index (χ3v) is 4.63. The number of halogens is 1. The van der Waals surface area contributed by atoms with Crippen molar-refractivity contribution in [3.05, 3.63) is 52.8 Å². The van der Waals surface area contributed by atoms with Crippen molar-refractivity contribution in [2.75, 3.05) is 11.4 Å². The lowest BCUT2D eigenvalue weighted by Gasteiger charge is -2.17. The fourth-order valence-electron chi connectivity index (χ4n) is 2.42. The van der Waals surface area contributed by atoms with E-state index in [0.717, 1.165) is 5.56 Å². The minimum Gasteiger partial charge on any atom is -0.308 e. The first kappa shape index (κ1) is 15.0. The van der Waals surface area contributed by atoms with Crippen LogP contribution >= 0.6 is 11.6 Å². The monoisotopic (exact) mass is 337 g/mol. The Bertz CT molecular complexity index is 850. The lowest BCUT2D eigenvalue weighted by molar-refractivity contribution is 0.0989. The molecule has 0 unspecified atom stereocenters. The molecule has 0 saturated heterocycles. The molecule has 2 N–H and O–H groups in total. The van der Waals surface area contributed by atoms with Crippen LogP contribution in [0, 0.1) is 0 Å². The van der Waals surface area contributed by atoms with Gasteiger partial charge in [-0.15, -0.1) is 0 Å². The minimum atomic E-state index is -3.75. The van der Waals surface area contributed by atoms with Gasteiger partial charge in [0.2, 0.25) is 10.0 Å². The maximum atomic E-state index is 12.5. The number of carbonyl (C=O) groups excluding carboxylic acids is 1. The largest absolute Gasteiger partial charge is 0.308 e. The van der Waals surface area contributed by atoms with Gasteiger partial charge in [0.1, 0.15) is 5.15 Å². The van der Waals surface area contributed by atoms with Crippen LogP contribution in [0.2, 0.25) is 5.15 Å². The van der Waals surface area contributed by atoms with Crippen molar-refractivity contribution in [1.29, 1.82) is 0 Å². The average molecular weight is 338 g/mol. The zero-order valence-corrected chi connectivity index (χ0v) is 12.9. The zero-order valence-electron chi connectivity index (χ0n) is 11.4. The Morgan fingerprint density at radius 2 is 2.05 bits per heavy atom. The fourth-order valence-corrected chi connectivity index (χ4v) is 3.10. The van der Waals surface area contributed by atoms with Crippen molar-refractivity contribution in [2.45, 2.75) is 11.3 Å². The summed E-state index contributed by atoms with van der Waals surface area (Å²) in [4.78, 5) is 18.0.